The molecule has 0 aliphatic carbocycles. The predicted octanol–water partition coefficient (Wildman–Crippen LogP) is 0.247. The lowest BCUT2D eigenvalue weighted by atomic mass is 10.1. The Hall–Kier alpha value is -3.58. The zero-order valence-electron chi connectivity index (χ0n) is 18.1. The van der Waals surface area contributed by atoms with Gasteiger partial charge in [0.1, 0.15) is 6.42 Å². The lowest BCUT2D eigenvalue weighted by Gasteiger charge is -2.10. The predicted molar refractivity (Wildman–Crippen MR) is 117 cm³/mol. The second-order valence-corrected chi connectivity index (χ2v) is 6.61. The molecule has 0 aliphatic rings. The highest BCUT2D eigenvalue weighted by atomic mass is 16.4. The summed E-state index contributed by atoms with van der Waals surface area (Å²) in [6, 6.07) is 8.52. The van der Waals surface area contributed by atoms with Crippen molar-refractivity contribution >= 4 is 11.9 Å². The van der Waals surface area contributed by atoms with Crippen molar-refractivity contribution in [2.24, 2.45) is 0 Å². The van der Waals surface area contributed by atoms with Gasteiger partial charge in [-0.2, -0.15) is 0 Å². The van der Waals surface area contributed by atoms with Crippen molar-refractivity contribution in [2.75, 3.05) is 27.2 Å². The van der Waals surface area contributed by atoms with Gasteiger partial charge in [0.25, 0.3) is 0 Å². The summed E-state index contributed by atoms with van der Waals surface area (Å²) >= 11 is 0. The normalized spacial score (nSPS) is 11.8. The van der Waals surface area contributed by atoms with Crippen LogP contribution in [-0.4, -0.2) is 80.0 Å². The molecule has 0 saturated carbocycles. The number of hydrogen-bond acceptors (Lipinski definition) is 10. The first-order valence-electron chi connectivity index (χ1n) is 9.55. The van der Waals surface area contributed by atoms with Crippen LogP contribution >= 0.6 is 0 Å². The summed E-state index contributed by atoms with van der Waals surface area (Å²) in [5.41, 5.74) is 1.15. The van der Waals surface area contributed by atoms with E-state index in [9.17, 15) is 19.8 Å². The Kier molecular flexibility index (Phi) is 13.6. The van der Waals surface area contributed by atoms with Crippen LogP contribution in [0.2, 0.25) is 0 Å². The summed E-state index contributed by atoms with van der Waals surface area (Å²) in [5.74, 6) is -3.42. The fourth-order valence-electron chi connectivity index (χ4n) is 2.25. The third kappa shape index (κ3) is 12.1. The Balaban J connectivity index is 0.000000490. The number of carboxylic acid groups (broad SMARTS) is 2. The first kappa shape index (κ1) is 29.4. The monoisotopic (exact) mass is 470 g/mol. The molecule has 0 unspecified atom stereocenters. The second kappa shape index (κ2) is 15.3. The molecule has 2 rings (SSSR count). The molecule has 33 heavy (non-hydrogen) atoms. The van der Waals surface area contributed by atoms with Crippen molar-refractivity contribution in [2.45, 2.75) is 18.6 Å². The molecule has 0 radical (unpaired) electrons. The molecule has 0 saturated heterocycles. The molecule has 12 heteroatoms. The maximum atomic E-state index is 9.48. The summed E-state index contributed by atoms with van der Waals surface area (Å²) in [7, 11) is 3.45. The fraction of sp³-hybridized carbons (Fsp3) is 0.333. The van der Waals surface area contributed by atoms with Gasteiger partial charge in [0, 0.05) is 13.1 Å². The second-order valence-electron chi connectivity index (χ2n) is 6.61. The van der Waals surface area contributed by atoms with E-state index in [0.29, 0.717) is 24.2 Å². The number of aliphatic carboxylic acids is 2. The van der Waals surface area contributed by atoms with Gasteiger partial charge in [-0.25, -0.2) is 0 Å². The summed E-state index contributed by atoms with van der Waals surface area (Å²) in [5, 5.41) is 76.3. The van der Waals surface area contributed by atoms with Crippen LogP contribution < -0.4 is 10.6 Å². The smallest absolute Gasteiger partial charge is 0.314 e. The van der Waals surface area contributed by atoms with Gasteiger partial charge in [-0.05, 0) is 49.5 Å². The number of likely N-dealkylation sites (N-methyl/N-ethyl adjacent to an activating group) is 2. The topological polar surface area (TPSA) is 220 Å². The average Bonchev–Trinajstić information content (AvgIpc) is 2.72. The van der Waals surface area contributed by atoms with Gasteiger partial charge in [0.15, 0.2) is 23.0 Å². The first-order valence-corrected chi connectivity index (χ1v) is 9.55. The molecule has 184 valence electrons. The van der Waals surface area contributed by atoms with Crippen LogP contribution in [0.4, 0.5) is 0 Å². The lowest BCUT2D eigenvalue weighted by molar-refractivity contribution is -0.147. The van der Waals surface area contributed by atoms with Crippen LogP contribution in [-0.2, 0) is 9.59 Å². The van der Waals surface area contributed by atoms with E-state index in [2.05, 4.69) is 10.6 Å². The third-order valence-electron chi connectivity index (χ3n) is 3.87. The van der Waals surface area contributed by atoms with Crippen molar-refractivity contribution in [3.8, 4) is 23.0 Å². The highest BCUT2D eigenvalue weighted by Crippen LogP contribution is 2.28. The quantitative estimate of drug-likeness (QED) is 0.185. The van der Waals surface area contributed by atoms with Crippen LogP contribution in [0, 0.1) is 0 Å². The minimum absolute atomic E-state index is 0.180. The molecule has 0 fully saturated rings. The Morgan fingerprint density at radius 1 is 0.697 bits per heavy atom. The van der Waals surface area contributed by atoms with Gasteiger partial charge in [0.2, 0.25) is 0 Å². The van der Waals surface area contributed by atoms with Gasteiger partial charge in [-0.1, -0.05) is 12.1 Å². The number of rotatable bonds is 8. The molecule has 0 amide bonds. The van der Waals surface area contributed by atoms with E-state index in [4.69, 9.17) is 30.6 Å². The molecule has 12 nitrogen and oxygen atoms in total. The van der Waals surface area contributed by atoms with E-state index in [-0.39, 0.29) is 23.0 Å². The maximum Gasteiger partial charge on any atom is 0.314 e. The van der Waals surface area contributed by atoms with Crippen LogP contribution in [0.1, 0.15) is 29.8 Å². The number of carboxylic acids is 2. The minimum Gasteiger partial charge on any atom is -0.504 e. The Labute approximate surface area is 190 Å². The zero-order chi connectivity index (χ0) is 25.6. The van der Waals surface area contributed by atoms with Gasteiger partial charge < -0.3 is 51.5 Å². The Morgan fingerprint density at radius 3 is 1.24 bits per heavy atom. The number of aliphatic hydroxyl groups is 2. The first-order chi connectivity index (χ1) is 15.4. The van der Waals surface area contributed by atoms with Crippen molar-refractivity contribution in [1.82, 2.24) is 10.6 Å². The van der Waals surface area contributed by atoms with E-state index in [0.717, 1.165) is 0 Å². The number of hydrogen-bond donors (Lipinski definition) is 10. The fourth-order valence-corrected chi connectivity index (χ4v) is 2.25. The number of aliphatic hydroxyl groups excluding tert-OH is 2. The number of nitrogens with one attached hydrogen (secondary N) is 2. The lowest BCUT2D eigenvalue weighted by Crippen LogP contribution is -2.16. The van der Waals surface area contributed by atoms with E-state index >= 15 is 0 Å². The summed E-state index contributed by atoms with van der Waals surface area (Å²) in [6.45, 7) is 0.814. The zero-order valence-corrected chi connectivity index (χ0v) is 18.1. The van der Waals surface area contributed by atoms with Crippen LogP contribution in [0.15, 0.2) is 36.4 Å². The average molecular weight is 470 g/mol. The third-order valence-corrected chi connectivity index (χ3v) is 3.87. The molecule has 2 aromatic rings. The molecule has 2 atom stereocenters. The molecule has 0 aromatic heterocycles. The summed E-state index contributed by atoms with van der Waals surface area (Å²) < 4.78 is 0. The van der Waals surface area contributed by atoms with Crippen molar-refractivity contribution in [3.05, 3.63) is 47.5 Å². The largest absolute Gasteiger partial charge is 0.504 e. The summed E-state index contributed by atoms with van der Waals surface area (Å²) in [6.07, 6.45) is -2.15. The number of phenolic OH excluding ortho intramolecular Hbond substituents is 4. The SMILES string of the molecule is CNC[C@H](O)c1ccc(O)c(O)c1.CNC[C@H](O)c1ccc(O)c(O)c1.O=C(O)CC(=O)O. The van der Waals surface area contributed by atoms with Gasteiger partial charge in [-0.3, -0.25) is 9.59 Å². The molecule has 2 aromatic carbocycles. The van der Waals surface area contributed by atoms with Crippen molar-refractivity contribution in [3.63, 3.8) is 0 Å². The molecule has 0 heterocycles. The number of carbonyl (C=O) groups is 2. The van der Waals surface area contributed by atoms with Gasteiger partial charge in [0.05, 0.1) is 12.2 Å². The van der Waals surface area contributed by atoms with Gasteiger partial charge >= 0.3 is 11.9 Å². The minimum atomic E-state index is -1.31. The highest BCUT2D eigenvalue weighted by Gasteiger charge is 2.09. The Morgan fingerprint density at radius 2 is 1.03 bits per heavy atom. The maximum absolute atomic E-state index is 9.48. The number of aromatic hydroxyl groups is 4. The number of benzene rings is 2. The van der Waals surface area contributed by atoms with Crippen molar-refractivity contribution < 1.29 is 50.4 Å². The molecule has 0 spiro atoms. The van der Waals surface area contributed by atoms with Crippen LogP contribution in [0.25, 0.3) is 0 Å². The van der Waals surface area contributed by atoms with E-state index in [1.165, 1.54) is 24.3 Å². The van der Waals surface area contributed by atoms with Crippen LogP contribution in [0.5, 0.6) is 23.0 Å². The highest BCUT2D eigenvalue weighted by molar-refractivity contribution is 5.88. The van der Waals surface area contributed by atoms with Crippen LogP contribution in [0.3, 0.4) is 0 Å². The van der Waals surface area contributed by atoms with E-state index in [1.807, 2.05) is 0 Å². The van der Waals surface area contributed by atoms with E-state index < -0.39 is 30.6 Å². The Bertz CT molecular complexity index is 820. The molecular weight excluding hydrogens is 440 g/mol. The molecule has 0 aliphatic heterocycles. The molecular formula is C21H30N2O10. The summed E-state index contributed by atoms with van der Waals surface area (Å²) in [4.78, 5) is 18.9. The van der Waals surface area contributed by atoms with E-state index in [1.54, 1.807) is 26.2 Å². The molecule has 0 bridgehead atoms. The standard InChI is InChI=1S/2C9H13NO3.C3H4O4/c2*1-10-5-9(13)6-2-3-7(11)8(12)4-6;4-2(5)1-3(6)7/h2*2-4,9-13H,5H2,1H3;1H2,(H,4,5)(H,6,7)/t2*9-;/m00./s1. The van der Waals surface area contributed by atoms with Gasteiger partial charge in [-0.15, -0.1) is 0 Å². The number of phenols is 4. The molecule has 10 N–H and O–H groups in total. The van der Waals surface area contributed by atoms with Crippen molar-refractivity contribution in [1.29, 1.82) is 0 Å².